The van der Waals surface area contributed by atoms with Crippen LogP contribution in [0.25, 0.3) is 12.7 Å². The van der Waals surface area contributed by atoms with Gasteiger partial charge in [0.15, 0.2) is 0 Å². The van der Waals surface area contributed by atoms with Gasteiger partial charge in [-0.15, -0.1) is 0 Å². The van der Waals surface area contributed by atoms with Gasteiger partial charge < -0.3 is 0 Å². The van der Waals surface area contributed by atoms with E-state index in [0.29, 0.717) is 11.6 Å². The molecule has 0 aliphatic rings. The molecular formula is C30H40N4. The standard InChI is InChI=1S/C30H40N4/c1-3-4-5-6-7-8-9-10-11-12-13-14-15-16-17-18-19-20-26-29(23-33)27(21-31)25(2)28(22-32)30(26)24-34/h20H,2-19H2,1H3. The van der Waals surface area contributed by atoms with E-state index in [9.17, 15) is 21.0 Å². The van der Waals surface area contributed by atoms with E-state index in [1.54, 1.807) is 0 Å². The molecule has 0 N–H and O–H groups in total. The summed E-state index contributed by atoms with van der Waals surface area (Å²) < 4.78 is 0. The fourth-order valence-electron chi connectivity index (χ4n) is 4.44. The van der Waals surface area contributed by atoms with Gasteiger partial charge in [0.2, 0.25) is 0 Å². The normalized spacial score (nSPS) is 10.1. The molecule has 0 radical (unpaired) electrons. The lowest BCUT2D eigenvalue weighted by Gasteiger charge is -2.05. The highest BCUT2D eigenvalue weighted by Gasteiger charge is 2.15. The summed E-state index contributed by atoms with van der Waals surface area (Å²) in [4.78, 5) is 0. The third-order valence-electron chi connectivity index (χ3n) is 6.50. The number of unbranched alkanes of at least 4 members (excludes halogenated alkanes) is 16. The summed E-state index contributed by atoms with van der Waals surface area (Å²) in [5, 5.41) is 38.5. The van der Waals surface area contributed by atoms with Gasteiger partial charge in [-0.1, -0.05) is 116 Å². The molecule has 0 aliphatic carbocycles. The maximum Gasteiger partial charge on any atom is 0.101 e. The fraction of sp³-hybridized carbons (Fsp3) is 0.600. The van der Waals surface area contributed by atoms with Crippen LogP contribution in [0.1, 0.15) is 138 Å². The van der Waals surface area contributed by atoms with E-state index in [-0.39, 0.29) is 27.5 Å². The summed E-state index contributed by atoms with van der Waals surface area (Å²) in [6, 6.07) is 8.02. The van der Waals surface area contributed by atoms with Crippen molar-refractivity contribution in [3.05, 3.63) is 32.7 Å². The predicted octanol–water partition coefficient (Wildman–Crippen LogP) is 7.02. The second-order valence-corrected chi connectivity index (χ2v) is 9.14. The summed E-state index contributed by atoms with van der Waals surface area (Å²) in [7, 11) is 0. The van der Waals surface area contributed by atoms with Gasteiger partial charge in [0, 0.05) is 10.4 Å². The first-order valence-corrected chi connectivity index (χ1v) is 13.2. The molecule has 0 saturated heterocycles. The highest BCUT2D eigenvalue weighted by molar-refractivity contribution is 5.61. The highest BCUT2D eigenvalue weighted by atomic mass is 14.3. The van der Waals surface area contributed by atoms with E-state index in [4.69, 9.17) is 0 Å². The van der Waals surface area contributed by atoms with Crippen molar-refractivity contribution in [3.8, 4) is 24.3 Å². The Morgan fingerprint density at radius 2 is 0.853 bits per heavy atom. The van der Waals surface area contributed by atoms with Crippen LogP contribution in [0.5, 0.6) is 0 Å². The van der Waals surface area contributed by atoms with Gasteiger partial charge in [0.25, 0.3) is 0 Å². The first kappa shape index (κ1) is 29.0. The van der Waals surface area contributed by atoms with Gasteiger partial charge in [0.1, 0.15) is 24.3 Å². The van der Waals surface area contributed by atoms with Crippen molar-refractivity contribution in [2.24, 2.45) is 0 Å². The molecule has 1 aromatic rings. The minimum absolute atomic E-state index is 0.0938. The zero-order valence-electron chi connectivity index (χ0n) is 21.1. The van der Waals surface area contributed by atoms with Crippen LogP contribution in [0, 0.1) is 45.3 Å². The van der Waals surface area contributed by atoms with Crippen LogP contribution in [0.15, 0.2) is 0 Å². The average molecular weight is 457 g/mol. The molecule has 0 aliphatic heterocycles. The van der Waals surface area contributed by atoms with Crippen molar-refractivity contribution in [1.29, 1.82) is 21.0 Å². The maximum atomic E-state index is 9.54. The van der Waals surface area contributed by atoms with Gasteiger partial charge in [-0.05, 0) is 12.8 Å². The maximum absolute atomic E-state index is 9.54. The smallest absolute Gasteiger partial charge is 0.101 e. The van der Waals surface area contributed by atoms with Crippen LogP contribution in [0.4, 0.5) is 0 Å². The van der Waals surface area contributed by atoms with E-state index in [0.717, 1.165) is 12.8 Å². The summed E-state index contributed by atoms with van der Waals surface area (Å²) in [5.41, 5.74) is 0.492. The number of nitriles is 4. The highest BCUT2D eigenvalue weighted by Crippen LogP contribution is 2.14. The van der Waals surface area contributed by atoms with E-state index in [1.807, 2.05) is 30.4 Å². The lowest BCUT2D eigenvalue weighted by atomic mass is 9.94. The van der Waals surface area contributed by atoms with Crippen LogP contribution in [0.3, 0.4) is 0 Å². The zero-order valence-corrected chi connectivity index (χ0v) is 21.1. The van der Waals surface area contributed by atoms with Crippen LogP contribution < -0.4 is 10.4 Å². The lowest BCUT2D eigenvalue weighted by molar-refractivity contribution is 0.530. The molecule has 0 fully saturated rings. The molecule has 0 unspecified atom stereocenters. The Morgan fingerprint density at radius 1 is 0.529 bits per heavy atom. The second kappa shape index (κ2) is 18.4. The van der Waals surface area contributed by atoms with Crippen LogP contribution >= 0.6 is 0 Å². The van der Waals surface area contributed by atoms with Crippen LogP contribution in [0.2, 0.25) is 0 Å². The van der Waals surface area contributed by atoms with E-state index in [1.165, 1.54) is 89.9 Å². The Hall–Kier alpha value is -3.08. The quantitative estimate of drug-likeness (QED) is 0.235. The van der Waals surface area contributed by atoms with Gasteiger partial charge in [0.05, 0.1) is 22.3 Å². The van der Waals surface area contributed by atoms with Gasteiger partial charge in [-0.25, -0.2) is 0 Å². The largest absolute Gasteiger partial charge is 0.192 e. The van der Waals surface area contributed by atoms with Crippen molar-refractivity contribution < 1.29 is 0 Å². The van der Waals surface area contributed by atoms with Crippen molar-refractivity contribution in [3.63, 3.8) is 0 Å². The molecular weight excluding hydrogens is 416 g/mol. The van der Waals surface area contributed by atoms with Crippen molar-refractivity contribution >= 4 is 12.7 Å². The SMILES string of the molecule is C=c1c(C#N)c(C#N)c(=CCCCCCCCCCCCCCCCCCC)c(C#N)c1C#N. The molecule has 4 nitrogen and oxygen atoms in total. The minimum atomic E-state index is 0.0938. The zero-order chi connectivity index (χ0) is 25.0. The van der Waals surface area contributed by atoms with Crippen molar-refractivity contribution in [1.82, 2.24) is 0 Å². The Labute approximate surface area is 206 Å². The molecule has 0 atom stereocenters. The summed E-state index contributed by atoms with van der Waals surface area (Å²) in [6.07, 6.45) is 23.5. The van der Waals surface area contributed by atoms with Crippen LogP contribution in [-0.4, -0.2) is 0 Å². The first-order valence-electron chi connectivity index (χ1n) is 13.2. The average Bonchev–Trinajstić information content (AvgIpc) is 2.85. The number of hydrogen-bond donors (Lipinski definition) is 0. The van der Waals surface area contributed by atoms with E-state index >= 15 is 0 Å². The lowest BCUT2D eigenvalue weighted by Crippen LogP contribution is -2.25. The molecule has 34 heavy (non-hydrogen) atoms. The Kier molecular flexibility index (Phi) is 15.6. The monoisotopic (exact) mass is 456 g/mol. The Morgan fingerprint density at radius 3 is 1.18 bits per heavy atom. The fourth-order valence-corrected chi connectivity index (χ4v) is 4.44. The Bertz CT molecular complexity index is 966. The molecule has 0 saturated carbocycles. The molecule has 0 aromatic heterocycles. The predicted molar refractivity (Wildman–Crippen MR) is 139 cm³/mol. The molecule has 1 rings (SSSR count). The first-order chi connectivity index (χ1) is 16.7. The minimum Gasteiger partial charge on any atom is -0.192 e. The van der Waals surface area contributed by atoms with Crippen LogP contribution in [-0.2, 0) is 0 Å². The molecule has 0 spiro atoms. The third kappa shape index (κ3) is 9.82. The van der Waals surface area contributed by atoms with Gasteiger partial charge in [-0.2, -0.15) is 21.0 Å². The summed E-state index contributed by atoms with van der Waals surface area (Å²) in [6.45, 7) is 6.01. The number of nitrogens with zero attached hydrogens (tertiary/aromatic N) is 4. The molecule has 0 heterocycles. The van der Waals surface area contributed by atoms with E-state index in [2.05, 4.69) is 13.5 Å². The van der Waals surface area contributed by atoms with Crippen molar-refractivity contribution in [2.45, 2.75) is 116 Å². The van der Waals surface area contributed by atoms with Gasteiger partial charge >= 0.3 is 0 Å². The van der Waals surface area contributed by atoms with Crippen molar-refractivity contribution in [2.75, 3.05) is 0 Å². The topological polar surface area (TPSA) is 95.2 Å². The molecule has 4 heteroatoms. The van der Waals surface area contributed by atoms with E-state index < -0.39 is 0 Å². The summed E-state index contributed by atoms with van der Waals surface area (Å²) >= 11 is 0. The number of rotatable bonds is 17. The number of benzene rings is 1. The molecule has 0 bridgehead atoms. The molecule has 1 aromatic carbocycles. The molecule has 180 valence electrons. The molecule has 0 amide bonds. The number of hydrogen-bond acceptors (Lipinski definition) is 4. The van der Waals surface area contributed by atoms with Gasteiger partial charge in [-0.3, -0.25) is 0 Å². The third-order valence-corrected chi connectivity index (χ3v) is 6.50. The Balaban J connectivity index is 2.31. The second-order valence-electron chi connectivity index (χ2n) is 9.14. The summed E-state index contributed by atoms with van der Waals surface area (Å²) in [5.74, 6) is 0.